The summed E-state index contributed by atoms with van der Waals surface area (Å²) in [6, 6.07) is 5.19. The van der Waals surface area contributed by atoms with Crippen LogP contribution in [0.1, 0.15) is 26.3 Å². The number of epoxide rings is 1. The summed E-state index contributed by atoms with van der Waals surface area (Å²) in [5, 5.41) is 2.61. The summed E-state index contributed by atoms with van der Waals surface area (Å²) in [6.45, 7) is 8.51. The molecular formula is C16H22F3NO6S. The zero-order valence-electron chi connectivity index (χ0n) is 15.3. The van der Waals surface area contributed by atoms with Crippen LogP contribution in [0.5, 0.6) is 5.75 Å². The number of hydrogen-bond acceptors (Lipinski definition) is 6. The lowest BCUT2D eigenvalue weighted by Crippen LogP contribution is -2.34. The summed E-state index contributed by atoms with van der Waals surface area (Å²) in [7, 11) is -5.56. The van der Waals surface area contributed by atoms with Crippen molar-refractivity contribution in [3.8, 4) is 5.75 Å². The summed E-state index contributed by atoms with van der Waals surface area (Å²) in [6.07, 6.45) is -0.171. The first-order chi connectivity index (χ1) is 12.2. The summed E-state index contributed by atoms with van der Waals surface area (Å²) in [5.41, 5.74) is -5.04. The number of halogens is 3. The van der Waals surface area contributed by atoms with Crippen LogP contribution in [0.3, 0.4) is 0 Å². The van der Waals surface area contributed by atoms with Crippen molar-refractivity contribution in [1.82, 2.24) is 5.32 Å². The van der Waals surface area contributed by atoms with Crippen molar-refractivity contribution in [2.45, 2.75) is 44.9 Å². The number of benzene rings is 1. The van der Waals surface area contributed by atoms with Gasteiger partial charge < -0.3 is 19.0 Å². The van der Waals surface area contributed by atoms with Crippen molar-refractivity contribution in [3.63, 3.8) is 0 Å². The lowest BCUT2D eigenvalue weighted by atomic mass is 10.2. The minimum Gasteiger partial charge on any atom is -0.444 e. The number of alkyl halides is 3. The van der Waals surface area contributed by atoms with Gasteiger partial charge in [-0.15, -0.1) is 0 Å². The van der Waals surface area contributed by atoms with Crippen molar-refractivity contribution in [3.05, 3.63) is 29.8 Å². The molecule has 0 bridgehead atoms. The van der Waals surface area contributed by atoms with E-state index in [1.807, 2.05) is 20.8 Å². The second-order valence-electron chi connectivity index (χ2n) is 6.63. The average Bonchev–Trinajstić information content (AvgIpc) is 3.29. The van der Waals surface area contributed by atoms with Crippen LogP contribution in [0.2, 0.25) is 0 Å². The van der Waals surface area contributed by atoms with Crippen LogP contribution in [0.25, 0.3) is 0 Å². The van der Waals surface area contributed by atoms with Crippen LogP contribution in [-0.4, -0.2) is 44.9 Å². The van der Waals surface area contributed by atoms with E-state index in [9.17, 15) is 26.4 Å². The Hall–Kier alpha value is -2.01. The smallest absolute Gasteiger partial charge is 0.444 e. The van der Waals surface area contributed by atoms with Crippen molar-refractivity contribution >= 4 is 16.2 Å². The van der Waals surface area contributed by atoms with Gasteiger partial charge >= 0.3 is 21.7 Å². The summed E-state index contributed by atoms with van der Waals surface area (Å²) < 4.78 is 70.6. The molecule has 1 saturated heterocycles. The topological polar surface area (TPSA) is 94.2 Å². The molecule has 1 fully saturated rings. The maximum atomic E-state index is 11.9. The molecule has 11 heteroatoms. The number of aryl methyl sites for hydroxylation is 1. The number of amides is 1. The summed E-state index contributed by atoms with van der Waals surface area (Å²) in [5.74, 6) is -0.363. The van der Waals surface area contributed by atoms with E-state index in [0.29, 0.717) is 6.54 Å². The fourth-order valence-electron chi connectivity index (χ4n) is 1.46. The van der Waals surface area contributed by atoms with Gasteiger partial charge in [-0.05, 0) is 39.8 Å². The van der Waals surface area contributed by atoms with Gasteiger partial charge in [0.25, 0.3) is 0 Å². The van der Waals surface area contributed by atoms with E-state index < -0.39 is 21.2 Å². The Bertz CT molecular complexity index is 722. The van der Waals surface area contributed by atoms with Crippen molar-refractivity contribution in [2.75, 3.05) is 13.2 Å². The molecule has 27 heavy (non-hydrogen) atoms. The average molecular weight is 413 g/mol. The third kappa shape index (κ3) is 9.48. The van der Waals surface area contributed by atoms with Gasteiger partial charge in [0.1, 0.15) is 11.4 Å². The molecule has 1 amide bonds. The SMILES string of the molecule is CC(C)(C)OC(=O)NCC1CO1.Cc1ccc(OS(=O)(=O)C(F)(F)F)cc1. The van der Waals surface area contributed by atoms with E-state index in [4.69, 9.17) is 9.47 Å². The molecule has 1 N–H and O–H groups in total. The van der Waals surface area contributed by atoms with E-state index in [0.717, 1.165) is 24.3 Å². The molecule has 154 valence electrons. The fraction of sp³-hybridized carbons (Fsp3) is 0.562. The fourth-order valence-corrected chi connectivity index (χ4v) is 1.92. The van der Waals surface area contributed by atoms with Crippen molar-refractivity contribution in [2.24, 2.45) is 0 Å². The first-order valence-corrected chi connectivity index (χ1v) is 9.26. The Labute approximate surface area is 155 Å². The summed E-state index contributed by atoms with van der Waals surface area (Å²) in [4.78, 5) is 11.0. The van der Waals surface area contributed by atoms with Crippen molar-refractivity contribution in [1.29, 1.82) is 0 Å². The lowest BCUT2D eigenvalue weighted by molar-refractivity contribution is -0.0500. The molecule has 1 heterocycles. The number of carbonyl (C=O) groups is 1. The van der Waals surface area contributed by atoms with Gasteiger partial charge in [0.15, 0.2) is 0 Å². The van der Waals surface area contributed by atoms with Crippen LogP contribution in [-0.2, 0) is 19.6 Å². The normalized spacial score (nSPS) is 16.6. The number of ether oxygens (including phenoxy) is 2. The molecule has 1 aliphatic rings. The van der Waals surface area contributed by atoms with Gasteiger partial charge in [0, 0.05) is 6.54 Å². The molecule has 1 aliphatic heterocycles. The van der Waals surface area contributed by atoms with Gasteiger partial charge in [-0.25, -0.2) is 4.79 Å². The van der Waals surface area contributed by atoms with E-state index in [1.165, 1.54) is 12.1 Å². The molecule has 1 aromatic rings. The number of carbonyl (C=O) groups excluding carboxylic acids is 1. The zero-order chi connectivity index (χ0) is 20.9. The van der Waals surface area contributed by atoms with Crippen molar-refractivity contribution < 1.29 is 40.0 Å². The zero-order valence-corrected chi connectivity index (χ0v) is 16.1. The van der Waals surface area contributed by atoms with Gasteiger partial charge in [-0.2, -0.15) is 21.6 Å². The highest BCUT2D eigenvalue weighted by molar-refractivity contribution is 7.88. The third-order valence-corrected chi connectivity index (χ3v) is 3.76. The Kier molecular flexibility index (Phi) is 7.49. The molecule has 1 unspecified atom stereocenters. The Morgan fingerprint density at radius 1 is 1.22 bits per heavy atom. The van der Waals surface area contributed by atoms with E-state index in [-0.39, 0.29) is 17.9 Å². The van der Waals surface area contributed by atoms with E-state index in [2.05, 4.69) is 9.50 Å². The third-order valence-electron chi connectivity index (χ3n) is 2.79. The second kappa shape index (κ2) is 8.79. The Morgan fingerprint density at radius 2 is 1.74 bits per heavy atom. The monoisotopic (exact) mass is 413 g/mol. The highest BCUT2D eigenvalue weighted by atomic mass is 32.2. The van der Waals surface area contributed by atoms with Gasteiger partial charge in [0.2, 0.25) is 0 Å². The van der Waals surface area contributed by atoms with Crippen LogP contribution in [0, 0.1) is 6.92 Å². The quantitative estimate of drug-likeness (QED) is 0.463. The van der Waals surface area contributed by atoms with Crippen LogP contribution < -0.4 is 9.50 Å². The Morgan fingerprint density at radius 3 is 2.15 bits per heavy atom. The number of rotatable bonds is 4. The molecular weight excluding hydrogens is 391 g/mol. The predicted molar refractivity (Wildman–Crippen MR) is 90.8 cm³/mol. The molecule has 0 saturated carbocycles. The molecule has 0 spiro atoms. The molecule has 2 rings (SSSR count). The Balaban J connectivity index is 0.000000277. The van der Waals surface area contributed by atoms with Crippen LogP contribution in [0.4, 0.5) is 18.0 Å². The van der Waals surface area contributed by atoms with E-state index in [1.54, 1.807) is 6.92 Å². The first-order valence-electron chi connectivity index (χ1n) is 7.85. The standard InChI is InChI=1S/C8H7F3O3S.C8H15NO3/c1-6-2-4-7(5-3-6)14-15(12,13)8(9,10)11;1-8(2,3)12-7(10)9-4-6-5-11-6/h2-5H,1H3;6H,4-5H2,1-3H3,(H,9,10). The number of alkyl carbamates (subject to hydrolysis) is 1. The molecule has 0 aliphatic carbocycles. The molecule has 7 nitrogen and oxygen atoms in total. The number of nitrogens with one attached hydrogen (secondary N) is 1. The number of hydrogen-bond donors (Lipinski definition) is 1. The molecule has 0 radical (unpaired) electrons. The van der Waals surface area contributed by atoms with Crippen LogP contribution in [0.15, 0.2) is 24.3 Å². The minimum absolute atomic E-state index is 0.206. The minimum atomic E-state index is -5.56. The molecule has 1 atom stereocenters. The first kappa shape index (κ1) is 23.0. The van der Waals surface area contributed by atoms with E-state index >= 15 is 0 Å². The molecule has 0 aromatic heterocycles. The maximum Gasteiger partial charge on any atom is 0.534 e. The lowest BCUT2D eigenvalue weighted by Gasteiger charge is -2.19. The van der Waals surface area contributed by atoms with Gasteiger partial charge in [-0.1, -0.05) is 17.7 Å². The molecule has 1 aromatic carbocycles. The summed E-state index contributed by atoms with van der Waals surface area (Å²) >= 11 is 0. The maximum absolute atomic E-state index is 11.9. The highest BCUT2D eigenvalue weighted by Gasteiger charge is 2.48. The van der Waals surface area contributed by atoms with Gasteiger partial charge in [-0.3, -0.25) is 0 Å². The van der Waals surface area contributed by atoms with Crippen LogP contribution >= 0.6 is 0 Å². The largest absolute Gasteiger partial charge is 0.534 e. The predicted octanol–water partition coefficient (Wildman–Crippen LogP) is 3.13. The van der Waals surface area contributed by atoms with Gasteiger partial charge in [0.05, 0.1) is 12.7 Å². The highest BCUT2D eigenvalue weighted by Crippen LogP contribution is 2.26. The second-order valence-corrected chi connectivity index (χ2v) is 8.17.